The molecule has 1 atom stereocenters. The second-order valence-electron chi connectivity index (χ2n) is 8.15. The van der Waals surface area contributed by atoms with Gasteiger partial charge in [0.1, 0.15) is 5.82 Å². The largest absolute Gasteiger partial charge is 0.393 e. The summed E-state index contributed by atoms with van der Waals surface area (Å²) in [7, 11) is 0. The molecule has 0 aliphatic carbocycles. The smallest absolute Gasteiger partial charge is 0.222 e. The van der Waals surface area contributed by atoms with E-state index in [1.807, 2.05) is 13.1 Å². The fraction of sp³-hybridized carbons (Fsp3) is 0.684. The molecule has 0 spiro atoms. The van der Waals surface area contributed by atoms with Crippen molar-refractivity contribution in [2.45, 2.75) is 65.5 Å². The number of carbonyl (C=O) groups excluding carboxylic acids is 1. The van der Waals surface area contributed by atoms with Crippen molar-refractivity contribution in [3.05, 3.63) is 23.9 Å². The van der Waals surface area contributed by atoms with Crippen LogP contribution in [0.15, 0.2) is 18.3 Å². The molecule has 1 aromatic heterocycles. The van der Waals surface area contributed by atoms with Crippen LogP contribution in [0.1, 0.15) is 52.0 Å². The van der Waals surface area contributed by atoms with Crippen molar-refractivity contribution in [1.82, 2.24) is 10.3 Å². The maximum Gasteiger partial charge on any atom is 0.222 e. The number of aromatic nitrogens is 1. The van der Waals surface area contributed by atoms with Gasteiger partial charge in [0.05, 0.1) is 12.5 Å². The van der Waals surface area contributed by atoms with Gasteiger partial charge in [-0.05, 0) is 43.2 Å². The molecule has 1 unspecified atom stereocenters. The Labute approximate surface area is 145 Å². The van der Waals surface area contributed by atoms with Crippen LogP contribution in [-0.4, -0.2) is 41.2 Å². The molecular formula is C19H31N3O2. The molecule has 1 fully saturated rings. The van der Waals surface area contributed by atoms with Crippen molar-refractivity contribution in [3.63, 3.8) is 0 Å². The summed E-state index contributed by atoms with van der Waals surface area (Å²) in [6, 6.07) is 4.32. The molecule has 1 saturated heterocycles. The van der Waals surface area contributed by atoms with Gasteiger partial charge < -0.3 is 15.3 Å². The zero-order valence-corrected chi connectivity index (χ0v) is 15.4. The minimum absolute atomic E-state index is 0.0338. The number of amides is 1. The first-order valence-electron chi connectivity index (χ1n) is 8.88. The van der Waals surface area contributed by atoms with Gasteiger partial charge in [0, 0.05) is 25.3 Å². The molecule has 2 heterocycles. The van der Waals surface area contributed by atoms with Crippen molar-refractivity contribution >= 4 is 11.7 Å². The zero-order chi connectivity index (χ0) is 17.7. The number of carbonyl (C=O) groups is 1. The van der Waals surface area contributed by atoms with Crippen LogP contribution >= 0.6 is 0 Å². The third-order valence-electron chi connectivity index (χ3n) is 4.35. The van der Waals surface area contributed by atoms with Crippen LogP contribution in [0.25, 0.3) is 0 Å². The number of nitrogens with zero attached hydrogens (tertiary/aromatic N) is 2. The SMILES string of the molecule is Cc1ccc(N2CCC(NC(=O)CC(O)CC(C)(C)C)CC2)nc1. The number of anilines is 1. The summed E-state index contributed by atoms with van der Waals surface area (Å²) in [6.07, 6.45) is 3.98. The van der Waals surface area contributed by atoms with E-state index in [9.17, 15) is 9.90 Å². The second-order valence-corrected chi connectivity index (χ2v) is 8.15. The highest BCUT2D eigenvalue weighted by atomic mass is 16.3. The van der Waals surface area contributed by atoms with E-state index in [0.29, 0.717) is 6.42 Å². The summed E-state index contributed by atoms with van der Waals surface area (Å²) in [4.78, 5) is 18.8. The summed E-state index contributed by atoms with van der Waals surface area (Å²) in [5.74, 6) is 0.963. The number of rotatable bonds is 5. The average molecular weight is 333 g/mol. The van der Waals surface area contributed by atoms with Crippen molar-refractivity contribution in [2.75, 3.05) is 18.0 Å². The Kier molecular flexibility index (Phi) is 6.21. The summed E-state index contributed by atoms with van der Waals surface area (Å²) in [6.45, 7) is 10.0. The minimum atomic E-state index is -0.568. The molecule has 1 aliphatic rings. The molecule has 1 aliphatic heterocycles. The van der Waals surface area contributed by atoms with Gasteiger partial charge in [-0.1, -0.05) is 26.8 Å². The number of aryl methyl sites for hydroxylation is 1. The molecule has 0 bridgehead atoms. The van der Waals surface area contributed by atoms with Crippen LogP contribution < -0.4 is 10.2 Å². The maximum absolute atomic E-state index is 12.1. The van der Waals surface area contributed by atoms with Gasteiger partial charge in [0.15, 0.2) is 0 Å². The van der Waals surface area contributed by atoms with Gasteiger partial charge in [-0.15, -0.1) is 0 Å². The van der Waals surface area contributed by atoms with Crippen LogP contribution in [0.5, 0.6) is 0 Å². The standard InChI is InChI=1S/C19H31N3O2/c1-14-5-6-17(20-13-14)22-9-7-15(8-10-22)21-18(24)11-16(23)12-19(2,3)4/h5-6,13,15-16,23H,7-12H2,1-4H3,(H,21,24). The number of hydrogen-bond acceptors (Lipinski definition) is 4. The summed E-state index contributed by atoms with van der Waals surface area (Å²) in [5, 5.41) is 13.1. The lowest BCUT2D eigenvalue weighted by atomic mass is 9.88. The van der Waals surface area contributed by atoms with Crippen LogP contribution in [0.3, 0.4) is 0 Å². The van der Waals surface area contributed by atoms with Crippen molar-refractivity contribution in [1.29, 1.82) is 0 Å². The van der Waals surface area contributed by atoms with E-state index in [1.165, 1.54) is 0 Å². The van der Waals surface area contributed by atoms with Gasteiger partial charge in [-0.2, -0.15) is 0 Å². The van der Waals surface area contributed by atoms with Gasteiger partial charge in [-0.3, -0.25) is 4.79 Å². The number of piperidine rings is 1. The quantitative estimate of drug-likeness (QED) is 0.869. The molecule has 0 aromatic carbocycles. The molecular weight excluding hydrogens is 302 g/mol. The molecule has 2 N–H and O–H groups in total. The molecule has 1 aromatic rings. The average Bonchev–Trinajstić information content (AvgIpc) is 2.46. The van der Waals surface area contributed by atoms with Crippen LogP contribution in [0.4, 0.5) is 5.82 Å². The topological polar surface area (TPSA) is 65.5 Å². The predicted octanol–water partition coefficient (Wildman–Crippen LogP) is 2.66. The number of nitrogens with one attached hydrogen (secondary N) is 1. The molecule has 5 heteroatoms. The molecule has 24 heavy (non-hydrogen) atoms. The van der Waals surface area contributed by atoms with Gasteiger partial charge in [0.2, 0.25) is 5.91 Å². The first kappa shape index (κ1) is 18.7. The van der Waals surface area contributed by atoms with Crippen LogP contribution in [-0.2, 0) is 4.79 Å². The van der Waals surface area contributed by atoms with E-state index in [1.54, 1.807) is 0 Å². The monoisotopic (exact) mass is 333 g/mol. The Morgan fingerprint density at radius 3 is 2.58 bits per heavy atom. The minimum Gasteiger partial charge on any atom is -0.393 e. The maximum atomic E-state index is 12.1. The zero-order valence-electron chi connectivity index (χ0n) is 15.4. The molecule has 134 valence electrons. The third kappa shape index (κ3) is 6.11. The number of pyridine rings is 1. The number of aliphatic hydroxyl groups is 1. The van der Waals surface area contributed by atoms with E-state index in [4.69, 9.17) is 0 Å². The first-order chi connectivity index (χ1) is 11.2. The molecule has 2 rings (SSSR count). The van der Waals surface area contributed by atoms with Crippen LogP contribution in [0.2, 0.25) is 0 Å². The molecule has 5 nitrogen and oxygen atoms in total. The second kappa shape index (κ2) is 7.97. The van der Waals surface area contributed by atoms with Crippen molar-refractivity contribution in [2.24, 2.45) is 5.41 Å². The lowest BCUT2D eigenvalue weighted by molar-refractivity contribution is -0.124. The summed E-state index contributed by atoms with van der Waals surface area (Å²) < 4.78 is 0. The lowest BCUT2D eigenvalue weighted by Gasteiger charge is -2.33. The Hall–Kier alpha value is -1.62. The normalized spacial score (nSPS) is 17.6. The lowest BCUT2D eigenvalue weighted by Crippen LogP contribution is -2.45. The van der Waals surface area contributed by atoms with Gasteiger partial charge >= 0.3 is 0 Å². The van der Waals surface area contributed by atoms with E-state index < -0.39 is 6.10 Å². The highest BCUT2D eigenvalue weighted by molar-refractivity contribution is 5.76. The fourth-order valence-electron chi connectivity index (χ4n) is 3.18. The molecule has 1 amide bonds. The predicted molar refractivity (Wildman–Crippen MR) is 97.0 cm³/mol. The van der Waals surface area contributed by atoms with Crippen molar-refractivity contribution < 1.29 is 9.90 Å². The van der Waals surface area contributed by atoms with E-state index in [0.717, 1.165) is 37.3 Å². The number of hydrogen-bond donors (Lipinski definition) is 2. The highest BCUT2D eigenvalue weighted by Crippen LogP contribution is 2.22. The van der Waals surface area contributed by atoms with E-state index in [2.05, 4.69) is 48.1 Å². The molecule has 0 saturated carbocycles. The Bertz CT molecular complexity index is 529. The number of aliphatic hydroxyl groups excluding tert-OH is 1. The van der Waals surface area contributed by atoms with Crippen LogP contribution in [0, 0.1) is 12.3 Å². The van der Waals surface area contributed by atoms with E-state index >= 15 is 0 Å². The molecule has 0 radical (unpaired) electrons. The van der Waals surface area contributed by atoms with Gasteiger partial charge in [0.25, 0.3) is 0 Å². The Balaban J connectivity index is 1.74. The highest BCUT2D eigenvalue weighted by Gasteiger charge is 2.23. The van der Waals surface area contributed by atoms with Crippen molar-refractivity contribution in [3.8, 4) is 0 Å². The summed E-state index contributed by atoms with van der Waals surface area (Å²) >= 11 is 0. The Morgan fingerprint density at radius 2 is 2.04 bits per heavy atom. The third-order valence-corrected chi connectivity index (χ3v) is 4.35. The Morgan fingerprint density at radius 1 is 1.38 bits per heavy atom. The summed E-state index contributed by atoms with van der Waals surface area (Å²) in [5.41, 5.74) is 1.20. The van der Waals surface area contributed by atoms with E-state index in [-0.39, 0.29) is 23.8 Å². The van der Waals surface area contributed by atoms with Gasteiger partial charge in [-0.25, -0.2) is 4.98 Å². The fourth-order valence-corrected chi connectivity index (χ4v) is 3.18. The first-order valence-corrected chi connectivity index (χ1v) is 8.88.